The smallest absolute Gasteiger partial charge is 1.00 e. The van der Waals surface area contributed by atoms with Crippen molar-refractivity contribution in [3.63, 3.8) is 0 Å². The van der Waals surface area contributed by atoms with Gasteiger partial charge in [-0.25, -0.2) is 0 Å². The van der Waals surface area contributed by atoms with E-state index in [1.165, 1.54) is 0 Å². The van der Waals surface area contributed by atoms with Crippen molar-refractivity contribution in [1.29, 1.82) is 0 Å². The minimum atomic E-state index is -4.61. The standard InChI is InChI=1S/Al.ClH.Na.H4O4Si.H2O.4H/c;;;1-5(2,3)4;;;;;/h;1H;;1-4H;1H2;;;;/q;;+1;;;;;;-1. The van der Waals surface area contributed by atoms with Crippen molar-refractivity contribution in [2.75, 3.05) is 0 Å². The maximum absolute atomic E-state index is 7.33. The molecule has 0 aliphatic carbocycles. The van der Waals surface area contributed by atoms with E-state index in [4.69, 9.17) is 19.2 Å². The fourth-order valence-corrected chi connectivity index (χ4v) is 0. The Kier molecular flexibility index (Phi) is 42.8. The molecular formula is H11AlClNaO5Si. The third kappa shape index (κ3) is 179. The monoisotopic (exact) mass is 204 g/mol. The second-order valence-corrected chi connectivity index (χ2v) is 1.80. The molecule has 0 saturated heterocycles. The molecule has 0 atom stereocenters. The molecular weight excluding hydrogens is 194 g/mol. The molecule has 0 heterocycles. The van der Waals surface area contributed by atoms with Gasteiger partial charge in [-0.15, -0.1) is 12.4 Å². The molecule has 0 aromatic carbocycles. The molecule has 0 rings (SSSR count). The molecule has 0 spiro atoms. The first-order valence-corrected chi connectivity index (χ1v) is 2.68. The van der Waals surface area contributed by atoms with Crippen molar-refractivity contribution in [2.24, 2.45) is 0 Å². The van der Waals surface area contributed by atoms with Crippen LogP contribution < -0.4 is 29.6 Å². The summed E-state index contributed by atoms with van der Waals surface area (Å²) >= 11 is 0. The molecule has 9 heavy (non-hydrogen) atoms. The van der Waals surface area contributed by atoms with Gasteiger partial charge in [-0.3, -0.25) is 0 Å². The van der Waals surface area contributed by atoms with Gasteiger partial charge in [-0.2, -0.15) is 0 Å². The normalized spacial score (nSPS) is 6.67. The zero-order valence-corrected chi connectivity index (χ0v) is 8.01. The Morgan fingerprint density at radius 3 is 1.00 bits per heavy atom. The summed E-state index contributed by atoms with van der Waals surface area (Å²) in [6.45, 7) is 0. The van der Waals surface area contributed by atoms with E-state index in [1.54, 1.807) is 0 Å². The first-order chi connectivity index (χ1) is 2.00. The number of hydrogen-bond donors (Lipinski definition) is 4. The van der Waals surface area contributed by atoms with Crippen molar-refractivity contribution >= 4 is 38.8 Å². The van der Waals surface area contributed by atoms with Gasteiger partial charge < -0.3 is 26.1 Å². The number of halogens is 1. The largest absolute Gasteiger partial charge is 1.00 e. The number of hydrogen-bond acceptors (Lipinski definition) is 4. The molecule has 0 aromatic rings. The van der Waals surface area contributed by atoms with Crippen LogP contribution in [0.4, 0.5) is 0 Å². The van der Waals surface area contributed by atoms with Gasteiger partial charge in [0.15, 0.2) is 17.4 Å². The fourth-order valence-electron chi connectivity index (χ4n) is 0. The second-order valence-electron chi connectivity index (χ2n) is 0.600. The SMILES string of the molecule is Cl.O.O[Si](O)(O)O.[AlH3].[H-].[Na+]. The molecule has 0 fully saturated rings. The van der Waals surface area contributed by atoms with Crippen LogP contribution in [0.15, 0.2) is 0 Å². The molecule has 0 unspecified atom stereocenters. The van der Waals surface area contributed by atoms with E-state index < -0.39 is 9.05 Å². The summed E-state index contributed by atoms with van der Waals surface area (Å²) in [5.74, 6) is 0. The molecule has 5 nitrogen and oxygen atoms in total. The van der Waals surface area contributed by atoms with Gasteiger partial charge in [0, 0.05) is 0 Å². The van der Waals surface area contributed by atoms with Crippen molar-refractivity contribution in [2.45, 2.75) is 0 Å². The van der Waals surface area contributed by atoms with Crippen molar-refractivity contribution in [1.82, 2.24) is 0 Å². The van der Waals surface area contributed by atoms with E-state index in [2.05, 4.69) is 0 Å². The Bertz CT molecular complexity index is 37.1. The Morgan fingerprint density at radius 1 is 1.00 bits per heavy atom. The molecule has 9 heteroatoms. The zero-order valence-electron chi connectivity index (χ0n) is 5.20. The van der Waals surface area contributed by atoms with Crippen LogP contribution in [0.5, 0.6) is 0 Å². The van der Waals surface area contributed by atoms with Gasteiger partial charge >= 0.3 is 38.6 Å². The van der Waals surface area contributed by atoms with Gasteiger partial charge in [-0.05, 0) is 0 Å². The van der Waals surface area contributed by atoms with Crippen molar-refractivity contribution in [3.05, 3.63) is 0 Å². The second kappa shape index (κ2) is 12.5. The summed E-state index contributed by atoms with van der Waals surface area (Å²) in [6.07, 6.45) is 0. The van der Waals surface area contributed by atoms with E-state index in [-0.39, 0.29) is 66.2 Å². The molecule has 0 radical (unpaired) electrons. The van der Waals surface area contributed by atoms with Gasteiger partial charge in [0.1, 0.15) is 0 Å². The van der Waals surface area contributed by atoms with Crippen LogP contribution >= 0.6 is 12.4 Å². The van der Waals surface area contributed by atoms with Crippen molar-refractivity contribution in [3.8, 4) is 0 Å². The zero-order chi connectivity index (χ0) is 4.50. The molecule has 0 aromatic heterocycles. The van der Waals surface area contributed by atoms with E-state index in [0.717, 1.165) is 0 Å². The first-order valence-electron chi connectivity index (χ1n) is 0.894. The molecule has 0 amide bonds. The molecule has 56 valence electrons. The Hall–Kier alpha value is 1.84. The molecule has 0 aliphatic heterocycles. The Morgan fingerprint density at radius 2 is 1.00 bits per heavy atom. The van der Waals surface area contributed by atoms with Crippen LogP contribution in [0.1, 0.15) is 1.43 Å². The minimum absolute atomic E-state index is 0. The van der Waals surface area contributed by atoms with Crippen LogP contribution in [0.25, 0.3) is 0 Å². The fraction of sp³-hybridized carbons (Fsp3) is 0. The first kappa shape index (κ1) is 30.8. The summed E-state index contributed by atoms with van der Waals surface area (Å²) in [7, 11) is -4.61. The summed E-state index contributed by atoms with van der Waals surface area (Å²) < 4.78 is 0. The maximum Gasteiger partial charge on any atom is 1.00 e. The van der Waals surface area contributed by atoms with Gasteiger partial charge in [-0.1, -0.05) is 0 Å². The average molecular weight is 205 g/mol. The maximum atomic E-state index is 7.33. The number of rotatable bonds is 0. The van der Waals surface area contributed by atoms with E-state index >= 15 is 0 Å². The van der Waals surface area contributed by atoms with E-state index in [9.17, 15) is 0 Å². The van der Waals surface area contributed by atoms with E-state index in [0.29, 0.717) is 0 Å². The van der Waals surface area contributed by atoms with Crippen molar-refractivity contribution < 1.29 is 55.6 Å². The Labute approximate surface area is 93.8 Å². The molecule has 0 aliphatic rings. The third-order valence-electron chi connectivity index (χ3n) is 0. The van der Waals surface area contributed by atoms with Crippen LogP contribution in [0.2, 0.25) is 0 Å². The van der Waals surface area contributed by atoms with Crippen LogP contribution in [-0.4, -0.2) is 51.1 Å². The molecule has 6 N–H and O–H groups in total. The van der Waals surface area contributed by atoms with Gasteiger partial charge in [0.05, 0.1) is 0 Å². The Balaban J connectivity index is -0.00000000800. The van der Waals surface area contributed by atoms with Crippen LogP contribution in [-0.2, 0) is 0 Å². The van der Waals surface area contributed by atoms with Gasteiger partial charge in [0.25, 0.3) is 0 Å². The topological polar surface area (TPSA) is 112 Å². The summed E-state index contributed by atoms with van der Waals surface area (Å²) in [5, 5.41) is 0. The summed E-state index contributed by atoms with van der Waals surface area (Å²) in [6, 6.07) is 0. The molecule has 0 bridgehead atoms. The predicted molar refractivity (Wildman–Crippen MR) is 36.5 cm³/mol. The summed E-state index contributed by atoms with van der Waals surface area (Å²) in [5.41, 5.74) is 0. The predicted octanol–water partition coefficient (Wildman–Crippen LogP) is -7.08. The summed E-state index contributed by atoms with van der Waals surface area (Å²) in [4.78, 5) is 29.3. The molecule has 0 saturated carbocycles. The third-order valence-corrected chi connectivity index (χ3v) is 0. The van der Waals surface area contributed by atoms with Crippen LogP contribution in [0.3, 0.4) is 0 Å². The van der Waals surface area contributed by atoms with E-state index in [1.807, 2.05) is 0 Å². The minimum Gasteiger partial charge on any atom is -1.00 e. The quantitative estimate of drug-likeness (QED) is 0.294. The van der Waals surface area contributed by atoms with Crippen LogP contribution in [0, 0.1) is 0 Å². The van der Waals surface area contributed by atoms with Gasteiger partial charge in [0.2, 0.25) is 0 Å². The average Bonchev–Trinajstić information content (AvgIpc) is 0.722.